The van der Waals surface area contributed by atoms with Crippen molar-refractivity contribution < 1.29 is 14.3 Å². The second kappa shape index (κ2) is 8.16. The number of para-hydroxylation sites is 1. The van der Waals surface area contributed by atoms with Crippen molar-refractivity contribution in [3.63, 3.8) is 0 Å². The van der Waals surface area contributed by atoms with Crippen molar-refractivity contribution in [1.29, 1.82) is 0 Å². The van der Waals surface area contributed by atoms with Gasteiger partial charge in [0.05, 0.1) is 5.92 Å². The number of benzene rings is 1. The van der Waals surface area contributed by atoms with E-state index < -0.39 is 0 Å². The lowest BCUT2D eigenvalue weighted by Crippen LogP contribution is -2.45. The summed E-state index contributed by atoms with van der Waals surface area (Å²) >= 11 is 0. The molecule has 25 heavy (non-hydrogen) atoms. The van der Waals surface area contributed by atoms with Crippen molar-refractivity contribution in [1.82, 2.24) is 15.2 Å². The highest BCUT2D eigenvalue weighted by Crippen LogP contribution is 2.21. The highest BCUT2D eigenvalue weighted by atomic mass is 16.5. The van der Waals surface area contributed by atoms with Gasteiger partial charge in [-0.05, 0) is 31.4 Å². The number of nitrogens with zero attached hydrogens (tertiary/aromatic N) is 1. The molecular weight excluding hydrogens is 318 g/mol. The molecule has 1 aromatic heterocycles. The Hall–Kier alpha value is -2.34. The number of ether oxygens (including phenoxy) is 1. The smallest absolute Gasteiger partial charge is 0.270 e. The van der Waals surface area contributed by atoms with Crippen molar-refractivity contribution in [3.8, 4) is 0 Å². The lowest BCUT2D eigenvalue weighted by atomic mass is 9.97. The van der Waals surface area contributed by atoms with E-state index in [1.54, 1.807) is 12.0 Å². The Bertz CT molecular complexity index is 707. The number of aromatic amines is 1. The van der Waals surface area contributed by atoms with Gasteiger partial charge in [0.25, 0.3) is 5.91 Å². The monoisotopic (exact) mass is 343 g/mol. The molecule has 0 radical (unpaired) electrons. The summed E-state index contributed by atoms with van der Waals surface area (Å²) in [5.41, 5.74) is 1.54. The van der Waals surface area contributed by atoms with E-state index in [0.717, 1.165) is 30.2 Å². The van der Waals surface area contributed by atoms with Gasteiger partial charge in [0.2, 0.25) is 5.91 Å². The molecule has 1 aromatic carbocycles. The maximum Gasteiger partial charge on any atom is 0.270 e. The number of likely N-dealkylation sites (tertiary alicyclic amines) is 1. The van der Waals surface area contributed by atoms with Crippen LogP contribution >= 0.6 is 0 Å². The summed E-state index contributed by atoms with van der Waals surface area (Å²) in [6, 6.07) is 9.72. The van der Waals surface area contributed by atoms with Crippen molar-refractivity contribution >= 4 is 22.7 Å². The van der Waals surface area contributed by atoms with Gasteiger partial charge in [0.1, 0.15) is 5.69 Å². The molecule has 134 valence electrons. The zero-order valence-corrected chi connectivity index (χ0v) is 14.6. The first-order valence-electron chi connectivity index (χ1n) is 8.82. The molecule has 2 heterocycles. The number of methoxy groups -OCH3 is 1. The third-order valence-electron chi connectivity index (χ3n) is 4.66. The van der Waals surface area contributed by atoms with Gasteiger partial charge >= 0.3 is 0 Å². The fourth-order valence-electron chi connectivity index (χ4n) is 3.31. The van der Waals surface area contributed by atoms with Crippen LogP contribution in [0.5, 0.6) is 0 Å². The van der Waals surface area contributed by atoms with E-state index in [4.69, 9.17) is 4.74 Å². The van der Waals surface area contributed by atoms with Crippen molar-refractivity contribution in [3.05, 3.63) is 36.0 Å². The summed E-state index contributed by atoms with van der Waals surface area (Å²) < 4.78 is 4.98. The van der Waals surface area contributed by atoms with Crippen LogP contribution in [0.25, 0.3) is 10.9 Å². The molecule has 2 amide bonds. The molecule has 0 aliphatic carbocycles. The van der Waals surface area contributed by atoms with Gasteiger partial charge in [0.15, 0.2) is 0 Å². The number of H-pyrrole nitrogens is 1. The lowest BCUT2D eigenvalue weighted by molar-refractivity contribution is -0.126. The Morgan fingerprint density at radius 2 is 2.20 bits per heavy atom. The normalized spacial score (nSPS) is 17.6. The van der Waals surface area contributed by atoms with E-state index in [-0.39, 0.29) is 17.7 Å². The number of hydrogen-bond donors (Lipinski definition) is 2. The van der Waals surface area contributed by atoms with Crippen LogP contribution in [-0.4, -0.2) is 55.0 Å². The van der Waals surface area contributed by atoms with Crippen LogP contribution in [0, 0.1) is 5.92 Å². The third-order valence-corrected chi connectivity index (χ3v) is 4.66. The van der Waals surface area contributed by atoms with Crippen LogP contribution in [0.15, 0.2) is 30.3 Å². The highest BCUT2D eigenvalue weighted by molar-refractivity contribution is 5.98. The van der Waals surface area contributed by atoms with Gasteiger partial charge in [-0.15, -0.1) is 0 Å². The molecule has 2 N–H and O–H groups in total. The third kappa shape index (κ3) is 4.20. The van der Waals surface area contributed by atoms with Gasteiger partial charge in [0, 0.05) is 44.3 Å². The average Bonchev–Trinajstić information content (AvgIpc) is 3.08. The largest absolute Gasteiger partial charge is 0.385 e. The summed E-state index contributed by atoms with van der Waals surface area (Å²) in [7, 11) is 1.65. The van der Waals surface area contributed by atoms with Crippen molar-refractivity contribution in [2.75, 3.05) is 33.4 Å². The molecule has 1 fully saturated rings. The molecule has 1 aliphatic rings. The Balaban J connectivity index is 1.60. The van der Waals surface area contributed by atoms with Gasteiger partial charge in [-0.2, -0.15) is 0 Å². The molecular formula is C19H25N3O3. The first kappa shape index (κ1) is 17.5. The Morgan fingerprint density at radius 3 is 3.00 bits per heavy atom. The lowest BCUT2D eigenvalue weighted by Gasteiger charge is -2.31. The van der Waals surface area contributed by atoms with Crippen molar-refractivity contribution in [2.24, 2.45) is 5.92 Å². The minimum atomic E-state index is -0.135. The van der Waals surface area contributed by atoms with E-state index >= 15 is 0 Å². The summed E-state index contributed by atoms with van der Waals surface area (Å²) in [5, 5.41) is 3.97. The number of piperidine rings is 1. The Labute approximate surface area is 147 Å². The SMILES string of the molecule is COCCCNC(=O)C1CCCN(C(=O)c2cc3ccccc3[nH]2)C1. The number of nitrogens with one attached hydrogen (secondary N) is 2. The van der Waals surface area contributed by atoms with Crippen LogP contribution < -0.4 is 5.32 Å². The predicted octanol–water partition coefficient (Wildman–Crippen LogP) is 2.17. The summed E-state index contributed by atoms with van der Waals surface area (Å²) in [6.45, 7) is 2.42. The molecule has 3 rings (SSSR count). The van der Waals surface area contributed by atoms with Crippen LogP contribution in [0.4, 0.5) is 0 Å². The Morgan fingerprint density at radius 1 is 1.36 bits per heavy atom. The number of amides is 2. The molecule has 2 aromatic rings. The number of fused-ring (bicyclic) bond motifs is 1. The van der Waals surface area contributed by atoms with Crippen LogP contribution in [0.1, 0.15) is 29.8 Å². The van der Waals surface area contributed by atoms with E-state index in [0.29, 0.717) is 31.9 Å². The molecule has 1 unspecified atom stereocenters. The van der Waals surface area contributed by atoms with Gasteiger partial charge in [-0.1, -0.05) is 18.2 Å². The van der Waals surface area contributed by atoms with Gasteiger partial charge in [-0.25, -0.2) is 0 Å². The number of hydrogen-bond acceptors (Lipinski definition) is 3. The van der Waals surface area contributed by atoms with Gasteiger partial charge < -0.3 is 19.9 Å². The summed E-state index contributed by atoms with van der Waals surface area (Å²) in [5.74, 6) is -0.136. The fraction of sp³-hybridized carbons (Fsp3) is 0.474. The molecule has 1 aliphatic heterocycles. The number of carbonyl (C=O) groups excluding carboxylic acids is 2. The minimum Gasteiger partial charge on any atom is -0.385 e. The fourth-order valence-corrected chi connectivity index (χ4v) is 3.31. The number of rotatable bonds is 6. The number of aromatic nitrogens is 1. The molecule has 6 nitrogen and oxygen atoms in total. The average molecular weight is 343 g/mol. The van der Waals surface area contributed by atoms with E-state index in [1.807, 2.05) is 30.3 Å². The number of carbonyl (C=O) groups is 2. The first-order valence-corrected chi connectivity index (χ1v) is 8.82. The van der Waals surface area contributed by atoms with Gasteiger partial charge in [-0.3, -0.25) is 9.59 Å². The predicted molar refractivity (Wildman–Crippen MR) is 96.4 cm³/mol. The maximum absolute atomic E-state index is 12.8. The second-order valence-corrected chi connectivity index (χ2v) is 6.50. The molecule has 1 saturated heterocycles. The summed E-state index contributed by atoms with van der Waals surface area (Å²) in [6.07, 6.45) is 2.47. The standard InChI is InChI=1S/C19H25N3O3/c1-25-11-5-9-20-18(23)15-7-4-10-22(13-15)19(24)17-12-14-6-2-3-8-16(14)21-17/h2-3,6,8,12,15,21H,4-5,7,9-11,13H2,1H3,(H,20,23). The zero-order valence-electron chi connectivity index (χ0n) is 14.6. The molecule has 0 bridgehead atoms. The molecule has 1 atom stereocenters. The molecule has 0 spiro atoms. The zero-order chi connectivity index (χ0) is 17.6. The Kier molecular flexibility index (Phi) is 5.71. The maximum atomic E-state index is 12.8. The van der Waals surface area contributed by atoms with Crippen LogP contribution in [0.3, 0.4) is 0 Å². The minimum absolute atomic E-state index is 0.0326. The van der Waals surface area contributed by atoms with Crippen LogP contribution in [0.2, 0.25) is 0 Å². The van der Waals surface area contributed by atoms with E-state index in [2.05, 4.69) is 10.3 Å². The molecule has 6 heteroatoms. The van der Waals surface area contributed by atoms with Crippen LogP contribution in [-0.2, 0) is 9.53 Å². The van der Waals surface area contributed by atoms with E-state index in [9.17, 15) is 9.59 Å². The highest BCUT2D eigenvalue weighted by Gasteiger charge is 2.29. The topological polar surface area (TPSA) is 74.4 Å². The quantitative estimate of drug-likeness (QED) is 0.790. The first-order chi connectivity index (χ1) is 12.2. The summed E-state index contributed by atoms with van der Waals surface area (Å²) in [4.78, 5) is 30.1. The van der Waals surface area contributed by atoms with Crippen molar-refractivity contribution in [2.45, 2.75) is 19.3 Å². The van der Waals surface area contributed by atoms with E-state index in [1.165, 1.54) is 0 Å². The second-order valence-electron chi connectivity index (χ2n) is 6.50. The molecule has 0 saturated carbocycles.